The zero-order valence-electron chi connectivity index (χ0n) is 24.5. The van der Waals surface area contributed by atoms with Crippen LogP contribution in [0.1, 0.15) is 106 Å². The second kappa shape index (κ2) is 11.4. The van der Waals surface area contributed by atoms with E-state index in [4.69, 9.17) is 5.11 Å². The number of amides is 1. The van der Waals surface area contributed by atoms with Crippen molar-refractivity contribution >= 4 is 11.9 Å². The summed E-state index contributed by atoms with van der Waals surface area (Å²) in [6.45, 7) is 20.2. The minimum absolute atomic E-state index is 0.101. The van der Waals surface area contributed by atoms with Crippen molar-refractivity contribution < 1.29 is 19.8 Å². The Balaban J connectivity index is 2.42. The van der Waals surface area contributed by atoms with Gasteiger partial charge in [-0.25, -0.2) is 0 Å². The number of aryl methyl sites for hydroxylation is 2. The van der Waals surface area contributed by atoms with Crippen LogP contribution in [0.5, 0.6) is 0 Å². The van der Waals surface area contributed by atoms with E-state index < -0.39 is 17.6 Å². The van der Waals surface area contributed by atoms with Crippen molar-refractivity contribution in [2.45, 2.75) is 106 Å². The summed E-state index contributed by atoms with van der Waals surface area (Å²) >= 11 is 0. The summed E-state index contributed by atoms with van der Waals surface area (Å²) in [6, 6.07) is 11.6. The fraction of sp³-hybridized carbons (Fsp3) is 0.562. The highest BCUT2D eigenvalue weighted by Gasteiger charge is 2.40. The van der Waals surface area contributed by atoms with E-state index in [1.54, 1.807) is 0 Å². The Labute approximate surface area is 223 Å². The molecule has 0 spiro atoms. The number of aliphatic carboxylic acids is 1. The Kier molecular flexibility index (Phi) is 9.41. The monoisotopic (exact) mass is 509 g/mol. The molecule has 3 N–H and O–H groups in total. The van der Waals surface area contributed by atoms with Crippen LogP contribution in [0.15, 0.2) is 36.4 Å². The van der Waals surface area contributed by atoms with E-state index in [9.17, 15) is 14.7 Å². The number of aliphatic hydroxyl groups is 1. The van der Waals surface area contributed by atoms with Gasteiger partial charge in [0.2, 0.25) is 0 Å². The first-order valence-electron chi connectivity index (χ1n) is 13.5. The van der Waals surface area contributed by atoms with Gasteiger partial charge in [0.15, 0.2) is 0 Å². The number of carboxylic acid groups (broad SMARTS) is 1. The summed E-state index contributed by atoms with van der Waals surface area (Å²) < 4.78 is 0. The second-order valence-corrected chi connectivity index (χ2v) is 12.0. The Morgan fingerprint density at radius 1 is 0.892 bits per heavy atom. The van der Waals surface area contributed by atoms with Crippen LogP contribution in [0.25, 0.3) is 0 Å². The highest BCUT2D eigenvalue weighted by atomic mass is 16.4. The van der Waals surface area contributed by atoms with Crippen molar-refractivity contribution in [2.24, 2.45) is 11.3 Å². The molecule has 2 aromatic carbocycles. The van der Waals surface area contributed by atoms with Crippen molar-refractivity contribution in [2.75, 3.05) is 0 Å². The van der Waals surface area contributed by atoms with E-state index in [0.717, 1.165) is 30.4 Å². The van der Waals surface area contributed by atoms with Gasteiger partial charge < -0.3 is 15.5 Å². The minimum atomic E-state index is -1.06. The lowest BCUT2D eigenvalue weighted by atomic mass is 9.68. The van der Waals surface area contributed by atoms with Gasteiger partial charge in [-0.2, -0.15) is 0 Å². The maximum absolute atomic E-state index is 12.7. The molecule has 2 aromatic rings. The molecule has 0 saturated carbocycles. The molecule has 204 valence electrons. The highest BCUT2D eigenvalue weighted by molar-refractivity contribution is 5.97. The van der Waals surface area contributed by atoms with E-state index >= 15 is 0 Å². The van der Waals surface area contributed by atoms with Gasteiger partial charge in [-0.15, -0.1) is 0 Å². The quantitative estimate of drug-likeness (QED) is 0.337. The number of benzene rings is 2. The molecule has 3 unspecified atom stereocenters. The fourth-order valence-corrected chi connectivity index (χ4v) is 5.28. The van der Waals surface area contributed by atoms with Crippen LogP contribution in [-0.2, 0) is 16.6 Å². The van der Waals surface area contributed by atoms with Gasteiger partial charge in [0.25, 0.3) is 5.91 Å². The lowest BCUT2D eigenvalue weighted by molar-refractivity contribution is -0.138. The molecule has 37 heavy (non-hydrogen) atoms. The molecule has 0 radical (unpaired) electrons. The van der Waals surface area contributed by atoms with Gasteiger partial charge in [-0.3, -0.25) is 9.59 Å². The zero-order valence-corrected chi connectivity index (χ0v) is 24.5. The van der Waals surface area contributed by atoms with Gasteiger partial charge in [-0.05, 0) is 92.2 Å². The van der Waals surface area contributed by atoms with Gasteiger partial charge in [0.05, 0.1) is 5.60 Å². The van der Waals surface area contributed by atoms with E-state index in [0.29, 0.717) is 5.56 Å². The molecule has 0 fully saturated rings. The predicted octanol–water partition coefficient (Wildman–Crippen LogP) is 6.59. The minimum Gasteiger partial charge on any atom is -0.480 e. The third-order valence-corrected chi connectivity index (χ3v) is 8.85. The lowest BCUT2D eigenvalue weighted by Crippen LogP contribution is -2.46. The Morgan fingerprint density at radius 2 is 1.41 bits per heavy atom. The van der Waals surface area contributed by atoms with Gasteiger partial charge in [-0.1, -0.05) is 71.9 Å². The van der Waals surface area contributed by atoms with Crippen LogP contribution in [0.2, 0.25) is 0 Å². The Bertz CT molecular complexity index is 1120. The molecule has 0 bridgehead atoms. The number of hydrogen-bond donors (Lipinski definition) is 3. The van der Waals surface area contributed by atoms with Crippen LogP contribution in [0, 0.1) is 25.2 Å². The van der Waals surface area contributed by atoms with E-state index in [1.165, 1.54) is 23.6 Å². The molecule has 0 heterocycles. The first kappa shape index (κ1) is 30.6. The van der Waals surface area contributed by atoms with Gasteiger partial charge in [0.1, 0.15) is 6.04 Å². The fourth-order valence-electron chi connectivity index (χ4n) is 5.28. The van der Waals surface area contributed by atoms with Crippen molar-refractivity contribution in [3.63, 3.8) is 0 Å². The number of rotatable bonds is 10. The van der Waals surface area contributed by atoms with Crippen molar-refractivity contribution in [1.29, 1.82) is 0 Å². The molecule has 0 aromatic heterocycles. The number of hydrogen-bond acceptors (Lipinski definition) is 3. The van der Waals surface area contributed by atoms with Gasteiger partial charge >= 0.3 is 5.97 Å². The summed E-state index contributed by atoms with van der Waals surface area (Å²) in [4.78, 5) is 23.8. The maximum Gasteiger partial charge on any atom is 0.325 e. The summed E-state index contributed by atoms with van der Waals surface area (Å²) in [6.07, 6.45) is 2.61. The Hall–Kier alpha value is -2.66. The average molecular weight is 510 g/mol. The maximum atomic E-state index is 12.7. The number of carboxylic acids is 1. The molecular weight excluding hydrogens is 462 g/mol. The molecule has 0 saturated heterocycles. The SMILES string of the molecule is CCC(CC)(c1ccc(CC(C)C(C)(O)C(C)(C)C)c(C)c1)c1ccc(C(=O)NC(C)C(=O)O)c(C)c1. The number of carbonyl (C=O) groups is 2. The molecule has 5 nitrogen and oxygen atoms in total. The number of nitrogens with one attached hydrogen (secondary N) is 1. The van der Waals surface area contributed by atoms with Gasteiger partial charge in [0, 0.05) is 11.0 Å². The first-order valence-corrected chi connectivity index (χ1v) is 13.5. The molecular formula is C32H47NO4. The third-order valence-electron chi connectivity index (χ3n) is 8.85. The average Bonchev–Trinajstić information content (AvgIpc) is 2.80. The Morgan fingerprint density at radius 3 is 1.84 bits per heavy atom. The van der Waals surface area contributed by atoms with Crippen molar-refractivity contribution in [3.8, 4) is 0 Å². The number of carbonyl (C=O) groups excluding carboxylic acids is 1. The molecule has 1 amide bonds. The molecule has 3 atom stereocenters. The predicted molar refractivity (Wildman–Crippen MR) is 151 cm³/mol. The third kappa shape index (κ3) is 6.26. The normalized spacial score (nSPS) is 15.5. The van der Waals surface area contributed by atoms with Crippen LogP contribution >= 0.6 is 0 Å². The molecule has 2 rings (SSSR count). The summed E-state index contributed by atoms with van der Waals surface area (Å²) in [5.74, 6) is -1.34. The molecule has 0 aliphatic heterocycles. The zero-order chi connectivity index (χ0) is 28.3. The largest absolute Gasteiger partial charge is 0.480 e. The summed E-state index contributed by atoms with van der Waals surface area (Å²) in [5.41, 5.74) is 4.96. The molecule has 0 aliphatic rings. The second-order valence-electron chi connectivity index (χ2n) is 12.0. The van der Waals surface area contributed by atoms with Crippen LogP contribution in [0.3, 0.4) is 0 Å². The van der Waals surface area contributed by atoms with Crippen molar-refractivity contribution in [3.05, 3.63) is 69.8 Å². The summed E-state index contributed by atoms with van der Waals surface area (Å²) in [5, 5.41) is 22.9. The highest BCUT2D eigenvalue weighted by Crippen LogP contribution is 2.41. The van der Waals surface area contributed by atoms with Crippen molar-refractivity contribution in [1.82, 2.24) is 5.32 Å². The molecule has 5 heteroatoms. The molecule has 0 aliphatic carbocycles. The lowest BCUT2D eigenvalue weighted by Gasteiger charge is -2.42. The topological polar surface area (TPSA) is 86.6 Å². The van der Waals surface area contributed by atoms with E-state index in [-0.39, 0.29) is 22.7 Å². The van der Waals surface area contributed by atoms with Crippen LogP contribution < -0.4 is 5.32 Å². The van der Waals surface area contributed by atoms with E-state index in [1.807, 2.05) is 26.0 Å². The van der Waals surface area contributed by atoms with Crippen LogP contribution in [-0.4, -0.2) is 33.7 Å². The van der Waals surface area contributed by atoms with E-state index in [2.05, 4.69) is 78.0 Å². The smallest absolute Gasteiger partial charge is 0.325 e. The standard InChI is InChI=1S/C32H47NO4/c1-11-32(12-2,26-15-16-27(21(4)18-26)28(34)33-23(6)29(35)36)25-14-13-24(20(3)17-25)19-22(5)31(10,37)30(7,8)9/h13-18,22-23,37H,11-12,19H2,1-10H3,(H,33,34)(H,35,36). The van der Waals surface area contributed by atoms with Crippen LogP contribution in [0.4, 0.5) is 0 Å². The first-order chi connectivity index (χ1) is 17.0. The summed E-state index contributed by atoms with van der Waals surface area (Å²) in [7, 11) is 0.